The minimum atomic E-state index is -0.438. The molecule has 0 unspecified atom stereocenters. The highest BCUT2D eigenvalue weighted by Gasteiger charge is 2.29. The van der Waals surface area contributed by atoms with Crippen LogP contribution in [0.1, 0.15) is 34.7 Å². The molecule has 1 aromatic carbocycles. The number of amides is 2. The van der Waals surface area contributed by atoms with Crippen LogP contribution in [0.4, 0.5) is 0 Å². The van der Waals surface area contributed by atoms with Gasteiger partial charge in [0.15, 0.2) is 11.3 Å². The van der Waals surface area contributed by atoms with Gasteiger partial charge in [0.1, 0.15) is 5.52 Å². The molecule has 166 valence electrons. The van der Waals surface area contributed by atoms with Crippen LogP contribution >= 0.6 is 11.6 Å². The first-order valence-corrected chi connectivity index (χ1v) is 10.9. The number of pyridine rings is 1. The van der Waals surface area contributed by atoms with Crippen LogP contribution in [-0.4, -0.2) is 62.3 Å². The Morgan fingerprint density at radius 3 is 2.38 bits per heavy atom. The lowest BCUT2D eigenvalue weighted by Gasteiger charge is -2.34. The molecule has 0 radical (unpaired) electrons. The molecule has 1 fully saturated rings. The third-order valence-electron chi connectivity index (χ3n) is 5.38. The maximum absolute atomic E-state index is 13.2. The molecular weight excluding hydrogens is 430 g/mol. The van der Waals surface area contributed by atoms with Crippen LogP contribution < -0.4 is 5.56 Å². The molecule has 0 bridgehead atoms. The normalized spacial score (nSPS) is 14.2. The summed E-state index contributed by atoms with van der Waals surface area (Å²) in [5.74, 6) is -0.355. The first-order valence-electron chi connectivity index (χ1n) is 10.5. The molecule has 1 aliphatic rings. The molecule has 32 heavy (non-hydrogen) atoms. The number of fused-ring (bicyclic) bond motifs is 1. The number of benzene rings is 1. The van der Waals surface area contributed by atoms with Crippen molar-refractivity contribution in [3.05, 3.63) is 69.2 Å². The largest absolute Gasteiger partial charge is 0.335 e. The zero-order chi connectivity index (χ0) is 22.8. The highest BCUT2D eigenvalue weighted by Crippen LogP contribution is 2.15. The summed E-state index contributed by atoms with van der Waals surface area (Å²) in [6, 6.07) is 10.3. The van der Waals surface area contributed by atoms with Crippen LogP contribution in [-0.2, 0) is 6.54 Å². The second kappa shape index (κ2) is 9.08. The average molecular weight is 454 g/mol. The van der Waals surface area contributed by atoms with Crippen LogP contribution in [0.3, 0.4) is 0 Å². The molecule has 8 nitrogen and oxygen atoms in total. The van der Waals surface area contributed by atoms with Gasteiger partial charge in [0.25, 0.3) is 17.4 Å². The van der Waals surface area contributed by atoms with Gasteiger partial charge in [0.05, 0.1) is 0 Å². The molecule has 0 spiro atoms. The van der Waals surface area contributed by atoms with Crippen LogP contribution in [0.2, 0.25) is 5.02 Å². The molecule has 0 saturated carbocycles. The molecule has 2 amide bonds. The number of nitrogens with zero attached hydrogens (tertiary/aromatic N) is 5. The lowest BCUT2D eigenvalue weighted by molar-refractivity contribution is 0.0531. The quantitative estimate of drug-likeness (QED) is 0.606. The SMILES string of the molecule is CC(C)Cn1c(=O)c(C(=O)N2CCN(C(=O)c3cccc(Cl)c3)CC2)nc2cccnc21. The van der Waals surface area contributed by atoms with Gasteiger partial charge >= 0.3 is 0 Å². The molecule has 0 N–H and O–H groups in total. The van der Waals surface area contributed by atoms with E-state index in [1.807, 2.05) is 13.8 Å². The Bertz CT molecular complexity index is 1230. The third kappa shape index (κ3) is 4.36. The topological polar surface area (TPSA) is 88.4 Å². The van der Waals surface area contributed by atoms with Crippen molar-refractivity contribution in [2.75, 3.05) is 26.2 Å². The van der Waals surface area contributed by atoms with E-state index >= 15 is 0 Å². The van der Waals surface area contributed by atoms with Crippen molar-refractivity contribution in [2.24, 2.45) is 5.92 Å². The average Bonchev–Trinajstić information content (AvgIpc) is 2.79. The second-order valence-corrected chi connectivity index (χ2v) is 8.65. The molecule has 1 aliphatic heterocycles. The van der Waals surface area contributed by atoms with Crippen molar-refractivity contribution in [2.45, 2.75) is 20.4 Å². The van der Waals surface area contributed by atoms with Crippen LogP contribution in [0.15, 0.2) is 47.4 Å². The van der Waals surface area contributed by atoms with Gasteiger partial charge < -0.3 is 9.80 Å². The van der Waals surface area contributed by atoms with E-state index in [2.05, 4.69) is 9.97 Å². The number of carbonyl (C=O) groups excluding carboxylic acids is 2. The number of carbonyl (C=O) groups is 2. The van der Waals surface area contributed by atoms with Crippen molar-refractivity contribution in [3.63, 3.8) is 0 Å². The van der Waals surface area contributed by atoms with Gasteiger partial charge in [0, 0.05) is 49.5 Å². The zero-order valence-electron chi connectivity index (χ0n) is 18.0. The minimum absolute atomic E-state index is 0.110. The zero-order valence-corrected chi connectivity index (χ0v) is 18.7. The van der Waals surface area contributed by atoms with E-state index in [-0.39, 0.29) is 17.5 Å². The molecule has 9 heteroatoms. The maximum atomic E-state index is 13.2. The Labute approximate surface area is 190 Å². The summed E-state index contributed by atoms with van der Waals surface area (Å²) in [6.07, 6.45) is 1.61. The van der Waals surface area contributed by atoms with E-state index in [9.17, 15) is 14.4 Å². The Hall–Kier alpha value is -3.26. The molecule has 3 heterocycles. The maximum Gasteiger partial charge on any atom is 0.283 e. The lowest BCUT2D eigenvalue weighted by atomic mass is 10.1. The predicted molar refractivity (Wildman–Crippen MR) is 122 cm³/mol. The third-order valence-corrected chi connectivity index (χ3v) is 5.61. The number of hydrogen-bond acceptors (Lipinski definition) is 5. The lowest BCUT2D eigenvalue weighted by Crippen LogP contribution is -2.51. The highest BCUT2D eigenvalue weighted by molar-refractivity contribution is 6.30. The highest BCUT2D eigenvalue weighted by atomic mass is 35.5. The number of halogens is 1. The molecule has 0 atom stereocenters. The number of hydrogen-bond donors (Lipinski definition) is 0. The molecular formula is C23H24ClN5O3. The Morgan fingerprint density at radius 2 is 1.72 bits per heavy atom. The van der Waals surface area contributed by atoms with Gasteiger partial charge in [-0.25, -0.2) is 9.97 Å². The van der Waals surface area contributed by atoms with Gasteiger partial charge in [-0.2, -0.15) is 0 Å². The van der Waals surface area contributed by atoms with E-state index < -0.39 is 11.5 Å². The number of piperazine rings is 1. The fourth-order valence-corrected chi connectivity index (χ4v) is 4.01. The van der Waals surface area contributed by atoms with Crippen molar-refractivity contribution >= 4 is 34.6 Å². The Morgan fingerprint density at radius 1 is 1.03 bits per heavy atom. The monoisotopic (exact) mass is 453 g/mol. The van der Waals surface area contributed by atoms with Crippen molar-refractivity contribution in [1.82, 2.24) is 24.3 Å². The van der Waals surface area contributed by atoms with Gasteiger partial charge in [-0.15, -0.1) is 0 Å². The van der Waals surface area contributed by atoms with E-state index in [1.165, 1.54) is 4.57 Å². The van der Waals surface area contributed by atoms with Crippen molar-refractivity contribution in [3.8, 4) is 0 Å². The van der Waals surface area contributed by atoms with Gasteiger partial charge in [-0.05, 0) is 36.2 Å². The number of aromatic nitrogens is 3. The van der Waals surface area contributed by atoms with Gasteiger partial charge in [-0.1, -0.05) is 31.5 Å². The van der Waals surface area contributed by atoms with Crippen molar-refractivity contribution < 1.29 is 9.59 Å². The van der Waals surface area contributed by atoms with E-state index in [0.29, 0.717) is 54.5 Å². The Balaban J connectivity index is 1.55. The summed E-state index contributed by atoms with van der Waals surface area (Å²) in [6.45, 7) is 5.82. The minimum Gasteiger partial charge on any atom is -0.335 e. The van der Waals surface area contributed by atoms with Crippen LogP contribution in [0, 0.1) is 5.92 Å². The molecule has 1 saturated heterocycles. The van der Waals surface area contributed by atoms with Crippen LogP contribution in [0.25, 0.3) is 11.2 Å². The smallest absolute Gasteiger partial charge is 0.283 e. The molecule has 0 aliphatic carbocycles. The summed E-state index contributed by atoms with van der Waals surface area (Å²) in [5.41, 5.74) is 0.941. The van der Waals surface area contributed by atoms with E-state index in [4.69, 9.17) is 11.6 Å². The van der Waals surface area contributed by atoms with Crippen molar-refractivity contribution in [1.29, 1.82) is 0 Å². The summed E-state index contributed by atoms with van der Waals surface area (Å²) in [4.78, 5) is 51.0. The fraction of sp³-hybridized carbons (Fsp3) is 0.348. The summed E-state index contributed by atoms with van der Waals surface area (Å²) < 4.78 is 1.53. The summed E-state index contributed by atoms with van der Waals surface area (Å²) >= 11 is 5.99. The molecule has 3 aromatic rings. The Kier molecular flexibility index (Phi) is 6.23. The first-order chi connectivity index (χ1) is 15.3. The van der Waals surface area contributed by atoms with Gasteiger partial charge in [0.2, 0.25) is 0 Å². The van der Waals surface area contributed by atoms with E-state index in [0.717, 1.165) is 0 Å². The second-order valence-electron chi connectivity index (χ2n) is 8.21. The summed E-state index contributed by atoms with van der Waals surface area (Å²) in [5, 5.41) is 0.499. The predicted octanol–water partition coefficient (Wildman–Crippen LogP) is 2.70. The van der Waals surface area contributed by atoms with Crippen LogP contribution in [0.5, 0.6) is 0 Å². The molecule has 4 rings (SSSR count). The molecule has 2 aromatic heterocycles. The fourth-order valence-electron chi connectivity index (χ4n) is 3.82. The first kappa shape index (κ1) is 22.0. The van der Waals surface area contributed by atoms with E-state index in [1.54, 1.807) is 52.4 Å². The standard InChI is InChI=1S/C23H24ClN5O3/c1-15(2)14-29-20-18(7-4-8-25-20)26-19(23(29)32)22(31)28-11-9-27(10-12-28)21(30)16-5-3-6-17(24)13-16/h3-8,13,15H,9-12,14H2,1-2H3. The number of rotatable bonds is 4. The summed E-state index contributed by atoms with van der Waals surface area (Å²) in [7, 11) is 0. The van der Waals surface area contributed by atoms with Gasteiger partial charge in [-0.3, -0.25) is 19.0 Å².